The average molecular weight is 219 g/mol. The Hall–Kier alpha value is -1.29. The molecule has 0 fully saturated rings. The second-order valence-corrected chi connectivity index (χ2v) is 2.89. The monoisotopic (exact) mass is 218 g/mol. The van der Waals surface area contributed by atoms with Crippen molar-refractivity contribution in [2.75, 3.05) is 13.3 Å². The van der Waals surface area contributed by atoms with E-state index in [2.05, 4.69) is 0 Å². The molecule has 0 saturated carbocycles. The topological polar surface area (TPSA) is 46.5 Å². The molecule has 0 aliphatic carbocycles. The lowest BCUT2D eigenvalue weighted by molar-refractivity contribution is 0.0696. The molecule has 0 amide bonds. The molecule has 14 heavy (non-hydrogen) atoms. The molecule has 0 bridgehead atoms. The van der Waals surface area contributed by atoms with Gasteiger partial charge in [-0.3, -0.25) is 0 Å². The second-order valence-electron chi connectivity index (χ2n) is 2.49. The Labute approximate surface area is 85.1 Å². The summed E-state index contributed by atoms with van der Waals surface area (Å²) in [4.78, 5) is 10.6. The van der Waals surface area contributed by atoms with Crippen molar-refractivity contribution < 1.29 is 19.0 Å². The second kappa shape index (κ2) is 4.81. The Kier molecular flexibility index (Phi) is 3.71. The molecule has 3 nitrogen and oxygen atoms in total. The number of carboxylic acid groups (broad SMARTS) is 1. The van der Waals surface area contributed by atoms with Gasteiger partial charge < -0.3 is 9.84 Å². The van der Waals surface area contributed by atoms with Crippen LogP contribution in [0, 0.1) is 0 Å². The Balaban J connectivity index is 2.90. The predicted molar refractivity (Wildman–Crippen MR) is 49.9 cm³/mol. The molecule has 0 aromatic heterocycles. The molecule has 0 aliphatic rings. The number of benzene rings is 1. The first-order chi connectivity index (χ1) is 6.65. The highest BCUT2D eigenvalue weighted by Crippen LogP contribution is 2.25. The molecular formula is C9H8ClFO3. The summed E-state index contributed by atoms with van der Waals surface area (Å²) in [5.74, 6) is -0.893. The number of carbonyl (C=O) groups is 1. The number of hydrogen-bond acceptors (Lipinski definition) is 2. The van der Waals surface area contributed by atoms with Gasteiger partial charge >= 0.3 is 5.97 Å². The van der Waals surface area contributed by atoms with Gasteiger partial charge in [-0.1, -0.05) is 11.6 Å². The first-order valence-electron chi connectivity index (χ1n) is 3.86. The van der Waals surface area contributed by atoms with Crippen molar-refractivity contribution in [2.45, 2.75) is 0 Å². The predicted octanol–water partition coefficient (Wildman–Crippen LogP) is 2.39. The lowest BCUT2D eigenvalue weighted by Gasteiger charge is -2.06. The first-order valence-corrected chi connectivity index (χ1v) is 4.24. The molecule has 0 unspecified atom stereocenters. The summed E-state index contributed by atoms with van der Waals surface area (Å²) in [6.45, 7) is -0.781. The van der Waals surface area contributed by atoms with Gasteiger partial charge in [0.1, 0.15) is 19.0 Å². The minimum Gasteiger partial charge on any atom is -0.489 e. The number of hydrogen-bond donors (Lipinski definition) is 1. The molecule has 5 heteroatoms. The lowest BCUT2D eigenvalue weighted by atomic mass is 10.2. The van der Waals surface area contributed by atoms with E-state index in [4.69, 9.17) is 21.4 Å². The number of halogens is 2. The molecule has 76 valence electrons. The molecule has 0 aliphatic heterocycles. The molecule has 0 radical (unpaired) electrons. The van der Waals surface area contributed by atoms with Gasteiger partial charge in [-0.25, -0.2) is 9.18 Å². The van der Waals surface area contributed by atoms with Crippen molar-refractivity contribution in [2.24, 2.45) is 0 Å². The molecular weight excluding hydrogens is 211 g/mol. The van der Waals surface area contributed by atoms with Crippen molar-refractivity contribution in [3.8, 4) is 5.75 Å². The van der Waals surface area contributed by atoms with Crippen LogP contribution in [-0.2, 0) is 0 Å². The lowest BCUT2D eigenvalue weighted by Crippen LogP contribution is -2.01. The highest BCUT2D eigenvalue weighted by atomic mass is 35.5. The summed E-state index contributed by atoms with van der Waals surface area (Å²) in [6, 6.07) is 4.02. The van der Waals surface area contributed by atoms with E-state index in [9.17, 15) is 9.18 Å². The molecule has 0 saturated heterocycles. The van der Waals surface area contributed by atoms with Crippen molar-refractivity contribution >= 4 is 17.6 Å². The minimum atomic E-state index is -1.08. The van der Waals surface area contributed by atoms with Crippen molar-refractivity contribution in [3.05, 3.63) is 28.8 Å². The summed E-state index contributed by atoms with van der Waals surface area (Å²) in [5.41, 5.74) is 0.0586. The molecule has 1 N–H and O–H groups in total. The van der Waals surface area contributed by atoms with Crippen molar-refractivity contribution in [1.29, 1.82) is 0 Å². The van der Waals surface area contributed by atoms with Crippen LogP contribution >= 0.6 is 11.6 Å². The third kappa shape index (κ3) is 2.60. The number of carboxylic acids is 1. The average Bonchev–Trinajstić information content (AvgIpc) is 2.16. The first kappa shape index (κ1) is 10.8. The zero-order valence-electron chi connectivity index (χ0n) is 7.17. The van der Waals surface area contributed by atoms with Gasteiger partial charge in [0, 0.05) is 0 Å². The maximum absolute atomic E-state index is 11.8. The third-order valence-electron chi connectivity index (χ3n) is 1.51. The van der Waals surface area contributed by atoms with Crippen LogP contribution in [0.1, 0.15) is 10.4 Å². The van der Waals surface area contributed by atoms with E-state index < -0.39 is 12.6 Å². The zero-order valence-corrected chi connectivity index (χ0v) is 7.92. The molecule has 1 aromatic carbocycles. The standard InChI is InChI=1S/C9H8ClFO3/c10-7-2-1-6(9(12)13)5-8(7)14-4-3-11/h1-2,5H,3-4H2,(H,12,13). The summed E-state index contributed by atoms with van der Waals surface area (Å²) in [6.07, 6.45) is 0. The molecule has 1 aromatic rings. The van der Waals surface area contributed by atoms with Crippen LogP contribution in [0.2, 0.25) is 5.02 Å². The van der Waals surface area contributed by atoms with Gasteiger partial charge in [-0.2, -0.15) is 0 Å². The van der Waals surface area contributed by atoms with Gasteiger partial charge in [-0.05, 0) is 18.2 Å². The van der Waals surface area contributed by atoms with Crippen LogP contribution in [-0.4, -0.2) is 24.4 Å². The third-order valence-corrected chi connectivity index (χ3v) is 1.83. The number of rotatable bonds is 4. The van der Waals surface area contributed by atoms with E-state index in [1.165, 1.54) is 18.2 Å². The van der Waals surface area contributed by atoms with Gasteiger partial charge in [0.2, 0.25) is 0 Å². The molecule has 0 atom stereocenters. The molecule has 0 spiro atoms. The fourth-order valence-electron chi connectivity index (χ4n) is 0.896. The van der Waals surface area contributed by atoms with Crippen molar-refractivity contribution in [1.82, 2.24) is 0 Å². The fraction of sp³-hybridized carbons (Fsp3) is 0.222. The van der Waals surface area contributed by atoms with E-state index in [-0.39, 0.29) is 22.9 Å². The minimum absolute atomic E-state index is 0.0586. The number of alkyl halides is 1. The van der Waals surface area contributed by atoms with Crippen molar-refractivity contribution in [3.63, 3.8) is 0 Å². The van der Waals surface area contributed by atoms with Crippen LogP contribution in [0.5, 0.6) is 5.75 Å². The Morgan fingerprint density at radius 2 is 2.29 bits per heavy atom. The van der Waals surface area contributed by atoms with E-state index in [1.54, 1.807) is 0 Å². The van der Waals surface area contributed by atoms with E-state index in [1.807, 2.05) is 0 Å². The summed E-state index contributed by atoms with van der Waals surface area (Å²) in [5, 5.41) is 8.92. The smallest absolute Gasteiger partial charge is 0.335 e. The van der Waals surface area contributed by atoms with E-state index in [0.717, 1.165) is 0 Å². The maximum Gasteiger partial charge on any atom is 0.335 e. The summed E-state index contributed by atoms with van der Waals surface area (Å²) >= 11 is 5.70. The van der Waals surface area contributed by atoms with Crippen LogP contribution in [0.15, 0.2) is 18.2 Å². The van der Waals surface area contributed by atoms with Crippen LogP contribution in [0.4, 0.5) is 4.39 Å². The normalized spacial score (nSPS) is 9.86. The van der Waals surface area contributed by atoms with E-state index >= 15 is 0 Å². The Morgan fingerprint density at radius 1 is 1.57 bits per heavy atom. The number of ether oxygens (including phenoxy) is 1. The Bertz CT molecular complexity index is 341. The fourth-order valence-corrected chi connectivity index (χ4v) is 1.07. The van der Waals surface area contributed by atoms with E-state index in [0.29, 0.717) is 0 Å². The number of aromatic carboxylic acids is 1. The highest BCUT2D eigenvalue weighted by Gasteiger charge is 2.07. The maximum atomic E-state index is 11.8. The Morgan fingerprint density at radius 3 is 2.86 bits per heavy atom. The summed E-state index contributed by atoms with van der Waals surface area (Å²) < 4.78 is 16.7. The largest absolute Gasteiger partial charge is 0.489 e. The van der Waals surface area contributed by atoms with Gasteiger partial charge in [-0.15, -0.1) is 0 Å². The van der Waals surface area contributed by atoms with Gasteiger partial charge in [0.25, 0.3) is 0 Å². The van der Waals surface area contributed by atoms with Crippen LogP contribution in [0.25, 0.3) is 0 Å². The highest BCUT2D eigenvalue weighted by molar-refractivity contribution is 6.32. The molecule has 0 heterocycles. The summed E-state index contributed by atoms with van der Waals surface area (Å²) in [7, 11) is 0. The van der Waals surface area contributed by atoms with Crippen LogP contribution in [0.3, 0.4) is 0 Å². The van der Waals surface area contributed by atoms with Crippen LogP contribution < -0.4 is 4.74 Å². The van der Waals surface area contributed by atoms with Gasteiger partial charge in [0.15, 0.2) is 0 Å². The zero-order chi connectivity index (χ0) is 10.6. The SMILES string of the molecule is O=C(O)c1ccc(Cl)c(OCCF)c1. The quantitative estimate of drug-likeness (QED) is 0.844. The van der Waals surface area contributed by atoms with Gasteiger partial charge in [0.05, 0.1) is 10.6 Å². The molecule has 1 rings (SSSR count).